The molecule has 0 aliphatic rings. The van der Waals surface area contributed by atoms with Gasteiger partial charge in [0.1, 0.15) is 0 Å². The van der Waals surface area contributed by atoms with E-state index in [1.807, 2.05) is 0 Å². The molecule has 0 aliphatic carbocycles. The quantitative estimate of drug-likeness (QED) is 0.214. The van der Waals surface area contributed by atoms with Crippen LogP contribution in [0.2, 0.25) is 10.6 Å². The van der Waals surface area contributed by atoms with Gasteiger partial charge in [-0.25, -0.2) is 0 Å². The molecule has 2 aromatic rings. The SMILES string of the molecule is CCCCCCC[CH2][Al]([CH2]CCCCCCC)[n]1c(C)cc2ccccc21. The second-order valence-electron chi connectivity index (χ2n) is 8.48. The molecule has 0 atom stereocenters. The molecular formula is C25H42AlN. The lowest BCUT2D eigenvalue weighted by Crippen LogP contribution is -2.25. The summed E-state index contributed by atoms with van der Waals surface area (Å²) in [5.74, 6) is 0. The van der Waals surface area contributed by atoms with Gasteiger partial charge in [0.15, 0.2) is 0 Å². The van der Waals surface area contributed by atoms with Crippen LogP contribution in [-0.2, 0) is 0 Å². The van der Waals surface area contributed by atoms with Crippen molar-refractivity contribution in [3.63, 3.8) is 0 Å². The highest BCUT2D eigenvalue weighted by atomic mass is 27.2. The molecule has 0 radical (unpaired) electrons. The van der Waals surface area contributed by atoms with Gasteiger partial charge in [-0.1, -0.05) is 120 Å². The Labute approximate surface area is 173 Å². The molecule has 0 unspecified atom stereocenters. The summed E-state index contributed by atoms with van der Waals surface area (Å²) < 4.78 is 2.80. The highest BCUT2D eigenvalue weighted by Gasteiger charge is 2.23. The van der Waals surface area contributed by atoms with Gasteiger partial charge in [0.25, 0.3) is 0 Å². The molecule has 0 bridgehead atoms. The zero-order valence-corrected chi connectivity index (χ0v) is 19.5. The van der Waals surface area contributed by atoms with Crippen LogP contribution >= 0.6 is 0 Å². The van der Waals surface area contributed by atoms with Gasteiger partial charge < -0.3 is 3.55 Å². The third kappa shape index (κ3) is 7.67. The molecule has 1 heterocycles. The average molecular weight is 384 g/mol. The Morgan fingerprint density at radius 1 is 0.704 bits per heavy atom. The molecule has 150 valence electrons. The second kappa shape index (κ2) is 13.5. The minimum absolute atomic E-state index is 0.934. The van der Waals surface area contributed by atoms with Crippen LogP contribution in [-0.4, -0.2) is 17.9 Å². The van der Waals surface area contributed by atoms with E-state index < -0.39 is 14.4 Å². The Bertz CT molecular complexity index is 614. The van der Waals surface area contributed by atoms with E-state index >= 15 is 0 Å². The molecule has 1 aromatic carbocycles. The van der Waals surface area contributed by atoms with Crippen molar-refractivity contribution < 1.29 is 0 Å². The molecule has 1 aromatic heterocycles. The summed E-state index contributed by atoms with van der Waals surface area (Å²) in [6.45, 7) is 6.95. The standard InChI is InChI=1S/C9H8N.2C8H17.Al/c1-7-6-8-4-2-3-5-9(8)10-7;2*1-3-5-7-8-6-4-2;/h2-6H,1H3;2*1,3-8H2,2H3;/q-1;;;+1. The van der Waals surface area contributed by atoms with E-state index in [9.17, 15) is 0 Å². The smallest absolute Gasteiger partial charge is 0.418 e. The number of fused-ring (bicyclic) bond motifs is 1. The number of rotatable bonds is 15. The predicted octanol–water partition coefficient (Wildman–Crippen LogP) is 8.51. The van der Waals surface area contributed by atoms with Crippen LogP contribution in [0.5, 0.6) is 0 Å². The first kappa shape index (κ1) is 22.6. The van der Waals surface area contributed by atoms with Gasteiger partial charge in [0.05, 0.1) is 0 Å². The number of nitrogens with zero attached hydrogens (tertiary/aromatic N) is 1. The highest BCUT2D eigenvalue weighted by Crippen LogP contribution is 2.25. The molecule has 0 amide bonds. The van der Waals surface area contributed by atoms with Gasteiger partial charge >= 0.3 is 14.4 Å². The number of hydrogen-bond donors (Lipinski definition) is 0. The molecule has 2 heteroatoms. The summed E-state index contributed by atoms with van der Waals surface area (Å²) in [6.07, 6.45) is 17.1. The molecular weight excluding hydrogens is 341 g/mol. The third-order valence-electron chi connectivity index (χ3n) is 6.09. The van der Waals surface area contributed by atoms with Crippen molar-refractivity contribution in [1.29, 1.82) is 0 Å². The van der Waals surface area contributed by atoms with Gasteiger partial charge in [-0.2, -0.15) is 0 Å². The zero-order valence-electron chi connectivity index (χ0n) is 18.3. The van der Waals surface area contributed by atoms with Crippen molar-refractivity contribution in [2.24, 2.45) is 0 Å². The molecule has 0 aliphatic heterocycles. The summed E-state index contributed by atoms with van der Waals surface area (Å²) >= 11 is -0.934. The van der Waals surface area contributed by atoms with Crippen molar-refractivity contribution in [3.05, 3.63) is 36.0 Å². The summed E-state index contributed by atoms with van der Waals surface area (Å²) in [7, 11) is 0. The van der Waals surface area contributed by atoms with Crippen LogP contribution < -0.4 is 0 Å². The topological polar surface area (TPSA) is 4.93 Å². The first-order valence-corrected chi connectivity index (χ1v) is 14.0. The lowest BCUT2D eigenvalue weighted by Gasteiger charge is -2.18. The molecule has 0 saturated heterocycles. The number of aromatic nitrogens is 1. The summed E-state index contributed by atoms with van der Waals surface area (Å²) in [5.41, 5.74) is 3.01. The number of benzene rings is 1. The molecule has 2 rings (SSSR count). The normalized spacial score (nSPS) is 11.4. The van der Waals surface area contributed by atoms with E-state index in [1.54, 1.807) is 0 Å². The van der Waals surface area contributed by atoms with E-state index in [-0.39, 0.29) is 0 Å². The minimum Gasteiger partial charge on any atom is -0.437 e. The minimum atomic E-state index is -0.934. The molecule has 27 heavy (non-hydrogen) atoms. The van der Waals surface area contributed by atoms with E-state index in [2.05, 4.69) is 54.7 Å². The van der Waals surface area contributed by atoms with Gasteiger partial charge in [-0.05, 0) is 30.1 Å². The first-order valence-electron chi connectivity index (χ1n) is 11.8. The number of para-hydroxylation sites is 1. The monoisotopic (exact) mass is 383 g/mol. The number of unbranched alkanes of at least 4 members (excludes halogenated alkanes) is 10. The third-order valence-corrected chi connectivity index (χ3v) is 9.65. The predicted molar refractivity (Wildman–Crippen MR) is 124 cm³/mol. The van der Waals surface area contributed by atoms with Crippen molar-refractivity contribution in [2.45, 2.75) is 108 Å². The Balaban J connectivity index is 1.94. The number of aryl methyl sites for hydroxylation is 1. The summed E-state index contributed by atoms with van der Waals surface area (Å²) in [5, 5.41) is 4.42. The molecule has 0 N–H and O–H groups in total. The maximum atomic E-state index is 2.80. The van der Waals surface area contributed by atoms with Crippen molar-refractivity contribution in [1.82, 2.24) is 3.55 Å². The molecule has 0 spiro atoms. The van der Waals surface area contributed by atoms with Crippen molar-refractivity contribution in [3.8, 4) is 0 Å². The molecule has 1 nitrogen and oxygen atoms in total. The molecule has 0 fully saturated rings. The fourth-order valence-corrected chi connectivity index (χ4v) is 8.13. The Hall–Kier alpha value is -0.708. The Morgan fingerprint density at radius 2 is 1.22 bits per heavy atom. The average Bonchev–Trinajstić information content (AvgIpc) is 3.01. The fourth-order valence-electron chi connectivity index (χ4n) is 4.52. The van der Waals surface area contributed by atoms with E-state index in [0.29, 0.717) is 0 Å². The highest BCUT2D eigenvalue weighted by molar-refractivity contribution is 6.58. The van der Waals surface area contributed by atoms with Crippen LogP contribution in [0.15, 0.2) is 30.3 Å². The maximum absolute atomic E-state index is 2.80. The molecule has 0 saturated carbocycles. The van der Waals surface area contributed by atoms with E-state index in [1.165, 1.54) is 104 Å². The number of hydrogen-bond acceptors (Lipinski definition) is 0. The van der Waals surface area contributed by atoms with Gasteiger partial charge in [0.2, 0.25) is 0 Å². The van der Waals surface area contributed by atoms with Gasteiger partial charge in [-0.15, -0.1) is 0 Å². The Morgan fingerprint density at radius 3 is 1.81 bits per heavy atom. The van der Waals surface area contributed by atoms with Crippen LogP contribution in [0.1, 0.15) is 96.6 Å². The van der Waals surface area contributed by atoms with Gasteiger partial charge in [-0.3, -0.25) is 0 Å². The van der Waals surface area contributed by atoms with Gasteiger partial charge in [0, 0.05) is 5.52 Å². The summed E-state index contributed by atoms with van der Waals surface area (Å²) in [6, 6.07) is 11.5. The second-order valence-corrected chi connectivity index (χ2v) is 11.5. The lowest BCUT2D eigenvalue weighted by molar-refractivity contribution is 0.615. The zero-order chi connectivity index (χ0) is 19.3. The van der Waals surface area contributed by atoms with Crippen molar-refractivity contribution in [2.75, 3.05) is 0 Å². The fraction of sp³-hybridized carbons (Fsp3) is 0.680. The van der Waals surface area contributed by atoms with E-state index in [0.717, 1.165) is 0 Å². The maximum Gasteiger partial charge on any atom is 0.418 e. The Kier molecular flexibility index (Phi) is 11.3. The van der Waals surface area contributed by atoms with Crippen LogP contribution in [0.4, 0.5) is 0 Å². The van der Waals surface area contributed by atoms with Crippen LogP contribution in [0.3, 0.4) is 0 Å². The van der Waals surface area contributed by atoms with E-state index in [4.69, 9.17) is 0 Å². The summed E-state index contributed by atoms with van der Waals surface area (Å²) in [4.78, 5) is 0. The van der Waals surface area contributed by atoms with Crippen LogP contribution in [0, 0.1) is 6.92 Å². The largest absolute Gasteiger partial charge is 0.437 e. The first-order chi connectivity index (χ1) is 13.3. The lowest BCUT2D eigenvalue weighted by atomic mass is 10.1. The van der Waals surface area contributed by atoms with Crippen molar-refractivity contribution >= 4 is 25.3 Å². The van der Waals surface area contributed by atoms with Crippen LogP contribution in [0.25, 0.3) is 10.9 Å².